The van der Waals surface area contributed by atoms with Gasteiger partial charge >= 0.3 is 5.97 Å². The maximum absolute atomic E-state index is 12.5. The highest BCUT2D eigenvalue weighted by Crippen LogP contribution is 2.35. The number of rotatable bonds is 4. The van der Waals surface area contributed by atoms with Gasteiger partial charge in [-0.25, -0.2) is 4.79 Å². The Morgan fingerprint density at radius 3 is 2.70 bits per heavy atom. The minimum Gasteiger partial charge on any atom is -0.497 e. The van der Waals surface area contributed by atoms with Gasteiger partial charge in [-0.05, 0) is 48.0 Å². The largest absolute Gasteiger partial charge is 0.497 e. The molecule has 0 aliphatic carbocycles. The zero-order valence-corrected chi connectivity index (χ0v) is 14.3. The van der Waals surface area contributed by atoms with E-state index in [0.29, 0.717) is 17.1 Å². The Labute approximate surface area is 154 Å². The van der Waals surface area contributed by atoms with Crippen LogP contribution < -0.4 is 14.2 Å². The normalized spacial score (nSPS) is 14.0. The molecule has 6 heteroatoms. The predicted octanol–water partition coefficient (Wildman–Crippen LogP) is 4.12. The minimum absolute atomic E-state index is 0.0890. The summed E-state index contributed by atoms with van der Waals surface area (Å²) in [6.45, 7) is 0. The Morgan fingerprint density at radius 1 is 1.04 bits per heavy atom. The quantitative estimate of drug-likeness (QED) is 0.395. The molecular formula is C21H14O6. The number of methoxy groups -OCH3 is 1. The summed E-state index contributed by atoms with van der Waals surface area (Å²) in [5, 5.41) is 0. The van der Waals surface area contributed by atoms with Gasteiger partial charge in [-0.2, -0.15) is 0 Å². The monoisotopic (exact) mass is 362 g/mol. The van der Waals surface area contributed by atoms with E-state index in [4.69, 9.17) is 18.6 Å². The lowest BCUT2D eigenvalue weighted by molar-refractivity contribution is 0.0701. The van der Waals surface area contributed by atoms with Crippen LogP contribution in [0.1, 0.15) is 26.5 Å². The number of allylic oxidation sites excluding steroid dienone is 1. The van der Waals surface area contributed by atoms with Gasteiger partial charge in [0.1, 0.15) is 17.2 Å². The molecule has 0 amide bonds. The molecule has 27 heavy (non-hydrogen) atoms. The molecule has 134 valence electrons. The number of fused-ring (bicyclic) bond motifs is 1. The van der Waals surface area contributed by atoms with E-state index in [-0.39, 0.29) is 23.1 Å². The second kappa shape index (κ2) is 6.84. The standard InChI is InChI=1S/C21H14O6/c1-24-14-5-2-4-13(10-14)11-19-20(22)16-8-7-15(12-18(16)27-19)26-21(23)17-6-3-9-25-17/h2-12H,1H3/b19-11+. The van der Waals surface area contributed by atoms with Crippen LogP contribution >= 0.6 is 0 Å². The van der Waals surface area contributed by atoms with Crippen molar-refractivity contribution in [2.75, 3.05) is 7.11 Å². The molecule has 0 N–H and O–H groups in total. The second-order valence-corrected chi connectivity index (χ2v) is 5.74. The molecule has 4 rings (SSSR count). The number of ketones is 1. The number of ether oxygens (including phenoxy) is 3. The van der Waals surface area contributed by atoms with E-state index in [1.54, 1.807) is 31.4 Å². The highest BCUT2D eigenvalue weighted by atomic mass is 16.5. The number of furan rings is 1. The molecule has 0 atom stereocenters. The Kier molecular flexibility index (Phi) is 4.22. The van der Waals surface area contributed by atoms with Crippen LogP contribution in [-0.4, -0.2) is 18.9 Å². The van der Waals surface area contributed by atoms with Gasteiger partial charge in [0, 0.05) is 6.07 Å². The van der Waals surface area contributed by atoms with Gasteiger partial charge in [-0.15, -0.1) is 0 Å². The van der Waals surface area contributed by atoms with Gasteiger partial charge in [0.15, 0.2) is 5.76 Å². The van der Waals surface area contributed by atoms with Crippen molar-refractivity contribution in [3.63, 3.8) is 0 Å². The Bertz CT molecular complexity index is 1050. The summed E-state index contributed by atoms with van der Waals surface area (Å²) >= 11 is 0. The van der Waals surface area contributed by atoms with Gasteiger partial charge < -0.3 is 18.6 Å². The van der Waals surface area contributed by atoms with Crippen LogP contribution in [0.5, 0.6) is 17.2 Å². The summed E-state index contributed by atoms with van der Waals surface area (Å²) < 4.78 is 21.1. The molecule has 2 heterocycles. The molecule has 1 aliphatic heterocycles. The molecule has 3 aromatic rings. The van der Waals surface area contributed by atoms with Crippen molar-refractivity contribution in [3.05, 3.63) is 83.5 Å². The average Bonchev–Trinajstić information content (AvgIpc) is 3.31. The first-order valence-corrected chi connectivity index (χ1v) is 8.12. The number of carbonyl (C=O) groups excluding carboxylic acids is 2. The van der Waals surface area contributed by atoms with Crippen LogP contribution in [0, 0.1) is 0 Å². The molecular weight excluding hydrogens is 348 g/mol. The fourth-order valence-electron chi connectivity index (χ4n) is 2.67. The molecule has 1 aliphatic rings. The second-order valence-electron chi connectivity index (χ2n) is 5.74. The van der Waals surface area contributed by atoms with Crippen molar-refractivity contribution in [3.8, 4) is 17.2 Å². The van der Waals surface area contributed by atoms with Gasteiger partial charge in [-0.1, -0.05) is 12.1 Å². The first-order valence-electron chi connectivity index (χ1n) is 8.12. The number of hydrogen-bond acceptors (Lipinski definition) is 6. The Hall–Kier alpha value is -3.80. The molecule has 0 unspecified atom stereocenters. The minimum atomic E-state index is -0.628. The summed E-state index contributed by atoms with van der Waals surface area (Å²) in [5.74, 6) is 0.677. The highest BCUT2D eigenvalue weighted by Gasteiger charge is 2.28. The number of benzene rings is 2. The highest BCUT2D eigenvalue weighted by molar-refractivity contribution is 6.14. The number of carbonyl (C=O) groups is 2. The van der Waals surface area contributed by atoms with Crippen molar-refractivity contribution in [2.45, 2.75) is 0 Å². The summed E-state index contributed by atoms with van der Waals surface area (Å²) in [7, 11) is 1.57. The predicted molar refractivity (Wildman–Crippen MR) is 96.0 cm³/mol. The molecule has 0 spiro atoms. The molecule has 6 nitrogen and oxygen atoms in total. The number of hydrogen-bond donors (Lipinski definition) is 0. The zero-order valence-electron chi connectivity index (χ0n) is 14.3. The van der Waals surface area contributed by atoms with E-state index < -0.39 is 5.97 Å². The summed E-state index contributed by atoms with van der Waals surface area (Å²) in [4.78, 5) is 24.5. The number of Topliss-reactive ketones (excluding diaryl/α,β-unsaturated/α-hetero) is 1. The van der Waals surface area contributed by atoms with E-state index in [1.807, 2.05) is 18.2 Å². The van der Waals surface area contributed by atoms with Crippen LogP contribution in [0.2, 0.25) is 0 Å². The lowest BCUT2D eigenvalue weighted by Crippen LogP contribution is -2.07. The molecule has 1 aromatic heterocycles. The molecule has 2 aromatic carbocycles. The third-order valence-electron chi connectivity index (χ3n) is 3.97. The summed E-state index contributed by atoms with van der Waals surface area (Å²) in [6.07, 6.45) is 3.02. The van der Waals surface area contributed by atoms with E-state index >= 15 is 0 Å². The summed E-state index contributed by atoms with van der Waals surface area (Å²) in [5.41, 5.74) is 1.18. The zero-order chi connectivity index (χ0) is 18.8. The van der Waals surface area contributed by atoms with Crippen LogP contribution in [0.3, 0.4) is 0 Å². The van der Waals surface area contributed by atoms with Crippen LogP contribution in [0.4, 0.5) is 0 Å². The lowest BCUT2D eigenvalue weighted by Gasteiger charge is -2.04. The van der Waals surface area contributed by atoms with Gasteiger partial charge in [0.05, 0.1) is 18.9 Å². The third-order valence-corrected chi connectivity index (χ3v) is 3.97. The molecule has 0 bridgehead atoms. The van der Waals surface area contributed by atoms with Crippen LogP contribution in [0.15, 0.2) is 71.0 Å². The van der Waals surface area contributed by atoms with E-state index in [1.165, 1.54) is 24.5 Å². The fraction of sp³-hybridized carbons (Fsp3) is 0.0476. The van der Waals surface area contributed by atoms with Crippen molar-refractivity contribution in [2.24, 2.45) is 0 Å². The van der Waals surface area contributed by atoms with E-state index in [9.17, 15) is 9.59 Å². The van der Waals surface area contributed by atoms with Crippen molar-refractivity contribution >= 4 is 17.8 Å². The Morgan fingerprint density at radius 2 is 1.93 bits per heavy atom. The number of esters is 1. The average molecular weight is 362 g/mol. The van der Waals surface area contributed by atoms with E-state index in [0.717, 1.165) is 5.56 Å². The van der Waals surface area contributed by atoms with Crippen molar-refractivity contribution < 1.29 is 28.2 Å². The van der Waals surface area contributed by atoms with E-state index in [2.05, 4.69) is 0 Å². The fourth-order valence-corrected chi connectivity index (χ4v) is 2.67. The smallest absolute Gasteiger partial charge is 0.379 e. The van der Waals surface area contributed by atoms with Gasteiger partial charge in [0.25, 0.3) is 0 Å². The maximum atomic E-state index is 12.5. The Balaban J connectivity index is 1.57. The molecule has 0 radical (unpaired) electrons. The topological polar surface area (TPSA) is 75.0 Å². The molecule has 0 saturated carbocycles. The lowest BCUT2D eigenvalue weighted by atomic mass is 10.1. The molecule has 0 saturated heterocycles. The summed E-state index contributed by atoms with van der Waals surface area (Å²) in [6, 6.07) is 15.0. The SMILES string of the molecule is COc1cccc(/C=C2/Oc3cc(OC(=O)c4ccco4)ccc3C2=O)c1. The first-order chi connectivity index (χ1) is 13.1. The van der Waals surface area contributed by atoms with Crippen molar-refractivity contribution in [1.82, 2.24) is 0 Å². The van der Waals surface area contributed by atoms with Gasteiger partial charge in [0.2, 0.25) is 11.5 Å². The maximum Gasteiger partial charge on any atom is 0.379 e. The van der Waals surface area contributed by atoms with Gasteiger partial charge in [-0.3, -0.25) is 4.79 Å². The first kappa shape index (κ1) is 16.7. The third kappa shape index (κ3) is 3.32. The van der Waals surface area contributed by atoms with Crippen molar-refractivity contribution in [1.29, 1.82) is 0 Å². The van der Waals surface area contributed by atoms with Crippen LogP contribution in [-0.2, 0) is 0 Å². The van der Waals surface area contributed by atoms with Crippen LogP contribution in [0.25, 0.3) is 6.08 Å². The molecule has 0 fully saturated rings.